The Morgan fingerprint density at radius 1 is 1.32 bits per heavy atom. The van der Waals surface area contributed by atoms with Crippen LogP contribution in [0.3, 0.4) is 0 Å². The molecule has 1 atom stereocenters. The second-order valence-electron chi connectivity index (χ2n) is 5.62. The van der Waals surface area contributed by atoms with Crippen molar-refractivity contribution in [1.29, 1.82) is 0 Å². The Bertz CT molecular complexity index is 609. The molecule has 1 aromatic carbocycles. The molecule has 2 heterocycles. The van der Waals surface area contributed by atoms with Crippen molar-refractivity contribution in [2.24, 2.45) is 0 Å². The Kier molecular flexibility index (Phi) is 2.52. The molecule has 2 fully saturated rings. The first kappa shape index (κ1) is 11.3. The Hall–Kier alpha value is -1.55. The van der Waals surface area contributed by atoms with Crippen molar-refractivity contribution < 1.29 is 4.74 Å². The Morgan fingerprint density at radius 2 is 2.21 bits per heavy atom. The van der Waals surface area contributed by atoms with Crippen LogP contribution >= 0.6 is 0 Å². The highest BCUT2D eigenvalue weighted by Gasteiger charge is 2.32. The highest BCUT2D eigenvalue weighted by atomic mass is 16.5. The summed E-state index contributed by atoms with van der Waals surface area (Å²) in [6, 6.07) is 6.93. The lowest BCUT2D eigenvalue weighted by molar-refractivity contribution is 0.415. The predicted molar refractivity (Wildman–Crippen MR) is 74.8 cm³/mol. The molecule has 0 radical (unpaired) electrons. The van der Waals surface area contributed by atoms with Crippen molar-refractivity contribution in [1.82, 2.24) is 14.9 Å². The van der Waals surface area contributed by atoms with Crippen molar-refractivity contribution >= 4 is 11.0 Å². The number of fused-ring (bicyclic) bond motifs is 1. The van der Waals surface area contributed by atoms with Gasteiger partial charge in [0.2, 0.25) is 0 Å². The standard InChI is InChI=1S/C15H19N3O/c1-19-12-4-5-14-13(8-12)17-15(10-6-7-16-9-10)18(14)11-2-3-11/h4-5,8,10-11,16H,2-3,6-7,9H2,1H3. The highest BCUT2D eigenvalue weighted by molar-refractivity contribution is 5.78. The molecule has 1 aromatic heterocycles. The minimum Gasteiger partial charge on any atom is -0.497 e. The van der Waals surface area contributed by atoms with Crippen LogP contribution in [0.15, 0.2) is 18.2 Å². The number of nitrogens with one attached hydrogen (secondary N) is 1. The lowest BCUT2D eigenvalue weighted by atomic mass is 10.1. The molecule has 0 amide bonds. The Labute approximate surface area is 112 Å². The maximum absolute atomic E-state index is 5.31. The number of aromatic nitrogens is 2. The van der Waals surface area contributed by atoms with Gasteiger partial charge in [-0.2, -0.15) is 0 Å². The van der Waals surface area contributed by atoms with Gasteiger partial charge in [0.25, 0.3) is 0 Å². The summed E-state index contributed by atoms with van der Waals surface area (Å²) >= 11 is 0. The zero-order valence-corrected chi connectivity index (χ0v) is 11.2. The molecule has 1 aliphatic carbocycles. The lowest BCUT2D eigenvalue weighted by Gasteiger charge is -2.12. The number of benzene rings is 1. The van der Waals surface area contributed by atoms with Gasteiger partial charge in [-0.3, -0.25) is 0 Å². The van der Waals surface area contributed by atoms with Gasteiger partial charge in [-0.05, 0) is 37.9 Å². The third-order valence-electron chi connectivity index (χ3n) is 4.26. The summed E-state index contributed by atoms with van der Waals surface area (Å²) in [5, 5.41) is 3.45. The predicted octanol–water partition coefficient (Wildman–Crippen LogP) is 2.46. The van der Waals surface area contributed by atoms with E-state index in [1.807, 2.05) is 6.07 Å². The topological polar surface area (TPSA) is 39.1 Å². The van der Waals surface area contributed by atoms with Crippen LogP contribution in [0.4, 0.5) is 0 Å². The third kappa shape index (κ3) is 1.82. The van der Waals surface area contributed by atoms with E-state index in [0.717, 1.165) is 24.4 Å². The summed E-state index contributed by atoms with van der Waals surface area (Å²) < 4.78 is 7.79. The first-order chi connectivity index (χ1) is 9.36. The fourth-order valence-corrected chi connectivity index (χ4v) is 3.10. The SMILES string of the molecule is COc1ccc2c(c1)nc(C1CCNC1)n2C1CC1. The average molecular weight is 257 g/mol. The van der Waals surface area contributed by atoms with Gasteiger partial charge in [-0.15, -0.1) is 0 Å². The molecule has 4 rings (SSSR count). The normalized spacial score (nSPS) is 23.1. The molecule has 2 aromatic rings. The van der Waals surface area contributed by atoms with E-state index >= 15 is 0 Å². The van der Waals surface area contributed by atoms with Crippen LogP contribution in [0.2, 0.25) is 0 Å². The van der Waals surface area contributed by atoms with E-state index in [2.05, 4.69) is 22.0 Å². The lowest BCUT2D eigenvalue weighted by Crippen LogP contribution is -2.12. The van der Waals surface area contributed by atoms with Crippen LogP contribution in [0.5, 0.6) is 5.75 Å². The van der Waals surface area contributed by atoms with Gasteiger partial charge in [0.15, 0.2) is 0 Å². The highest BCUT2D eigenvalue weighted by Crippen LogP contribution is 2.41. The summed E-state index contributed by atoms with van der Waals surface area (Å²) in [5.74, 6) is 2.73. The number of methoxy groups -OCH3 is 1. The van der Waals surface area contributed by atoms with Crippen molar-refractivity contribution in [2.45, 2.75) is 31.2 Å². The maximum atomic E-state index is 5.31. The number of hydrogen-bond acceptors (Lipinski definition) is 3. The van der Waals surface area contributed by atoms with Gasteiger partial charge in [0, 0.05) is 24.6 Å². The molecular formula is C15H19N3O. The van der Waals surface area contributed by atoms with E-state index in [1.54, 1.807) is 7.11 Å². The van der Waals surface area contributed by atoms with Crippen molar-refractivity contribution in [2.75, 3.05) is 20.2 Å². The van der Waals surface area contributed by atoms with Crippen LogP contribution in [-0.4, -0.2) is 29.8 Å². The molecule has 1 aliphatic heterocycles. The Balaban J connectivity index is 1.88. The molecular weight excluding hydrogens is 238 g/mol. The molecule has 0 spiro atoms. The average Bonchev–Trinajstić information content (AvgIpc) is 3.01. The van der Waals surface area contributed by atoms with Crippen molar-refractivity contribution in [3.05, 3.63) is 24.0 Å². The summed E-state index contributed by atoms with van der Waals surface area (Å²) in [5.41, 5.74) is 2.35. The van der Waals surface area contributed by atoms with Gasteiger partial charge in [-0.1, -0.05) is 0 Å². The summed E-state index contributed by atoms with van der Waals surface area (Å²) in [4.78, 5) is 4.91. The quantitative estimate of drug-likeness (QED) is 0.918. The second-order valence-corrected chi connectivity index (χ2v) is 5.62. The molecule has 1 saturated carbocycles. The van der Waals surface area contributed by atoms with Crippen LogP contribution in [-0.2, 0) is 0 Å². The molecule has 1 N–H and O–H groups in total. The number of hydrogen-bond donors (Lipinski definition) is 1. The molecule has 1 saturated heterocycles. The van der Waals surface area contributed by atoms with Crippen molar-refractivity contribution in [3.63, 3.8) is 0 Å². The smallest absolute Gasteiger partial charge is 0.121 e. The fraction of sp³-hybridized carbons (Fsp3) is 0.533. The zero-order chi connectivity index (χ0) is 12.8. The molecule has 0 bridgehead atoms. The Morgan fingerprint density at radius 3 is 2.89 bits per heavy atom. The minimum absolute atomic E-state index is 0.569. The van der Waals surface area contributed by atoms with E-state index in [9.17, 15) is 0 Å². The first-order valence-corrected chi connectivity index (χ1v) is 7.13. The van der Waals surface area contributed by atoms with Gasteiger partial charge in [0.05, 0.1) is 18.1 Å². The maximum Gasteiger partial charge on any atom is 0.121 e. The first-order valence-electron chi connectivity index (χ1n) is 7.13. The van der Waals surface area contributed by atoms with Gasteiger partial charge in [-0.25, -0.2) is 4.98 Å². The molecule has 100 valence electrons. The number of ether oxygens (including phenoxy) is 1. The van der Waals surface area contributed by atoms with E-state index in [4.69, 9.17) is 9.72 Å². The summed E-state index contributed by atoms with van der Waals surface area (Å²) in [6.45, 7) is 2.18. The number of rotatable bonds is 3. The largest absolute Gasteiger partial charge is 0.497 e. The molecule has 2 aliphatic rings. The van der Waals surface area contributed by atoms with Crippen LogP contribution in [0.1, 0.15) is 37.0 Å². The summed E-state index contributed by atoms with van der Waals surface area (Å²) in [6.07, 6.45) is 3.79. The summed E-state index contributed by atoms with van der Waals surface area (Å²) in [7, 11) is 1.71. The minimum atomic E-state index is 0.569. The fourth-order valence-electron chi connectivity index (χ4n) is 3.10. The monoisotopic (exact) mass is 257 g/mol. The molecule has 4 heteroatoms. The van der Waals surface area contributed by atoms with Gasteiger partial charge in [0.1, 0.15) is 11.6 Å². The van der Waals surface area contributed by atoms with Crippen LogP contribution in [0, 0.1) is 0 Å². The van der Waals surface area contributed by atoms with E-state index in [-0.39, 0.29) is 0 Å². The number of nitrogens with zero attached hydrogens (tertiary/aromatic N) is 2. The third-order valence-corrected chi connectivity index (χ3v) is 4.26. The van der Waals surface area contributed by atoms with Crippen molar-refractivity contribution in [3.8, 4) is 5.75 Å². The molecule has 19 heavy (non-hydrogen) atoms. The van der Waals surface area contributed by atoms with Crippen LogP contribution < -0.4 is 10.1 Å². The molecule has 1 unspecified atom stereocenters. The van der Waals surface area contributed by atoms with Gasteiger partial charge < -0.3 is 14.6 Å². The van der Waals surface area contributed by atoms with Gasteiger partial charge >= 0.3 is 0 Å². The van der Waals surface area contributed by atoms with E-state index in [1.165, 1.54) is 30.6 Å². The number of imidazole rings is 1. The zero-order valence-electron chi connectivity index (χ0n) is 11.2. The molecule has 4 nitrogen and oxygen atoms in total. The van der Waals surface area contributed by atoms with E-state index < -0.39 is 0 Å². The van der Waals surface area contributed by atoms with E-state index in [0.29, 0.717) is 12.0 Å². The second kappa shape index (κ2) is 4.23. The van der Waals surface area contributed by atoms with Crippen LogP contribution in [0.25, 0.3) is 11.0 Å².